The Hall–Kier alpha value is -4.01. The lowest BCUT2D eigenvalue weighted by molar-refractivity contribution is -0.384. The van der Waals surface area contributed by atoms with Crippen LogP contribution in [0.25, 0.3) is 10.9 Å². The van der Waals surface area contributed by atoms with Gasteiger partial charge in [0.05, 0.1) is 18.1 Å². The second-order valence-electron chi connectivity index (χ2n) is 10.1. The summed E-state index contributed by atoms with van der Waals surface area (Å²) in [5.41, 5.74) is 5.13. The lowest BCUT2D eigenvalue weighted by Crippen LogP contribution is -2.41. The fourth-order valence-corrected chi connectivity index (χ4v) is 5.26. The number of carbonyl (C=O) groups is 1. The highest BCUT2D eigenvalue weighted by atomic mass is 16.6. The van der Waals surface area contributed by atoms with Crippen LogP contribution >= 0.6 is 0 Å². The summed E-state index contributed by atoms with van der Waals surface area (Å²) in [5.74, 6) is -0.293. The molecule has 202 valence electrons. The van der Waals surface area contributed by atoms with Crippen molar-refractivity contribution in [1.29, 1.82) is 0 Å². The van der Waals surface area contributed by atoms with E-state index in [9.17, 15) is 14.9 Å². The molecule has 1 amide bonds. The number of amides is 1. The highest BCUT2D eigenvalue weighted by Crippen LogP contribution is 2.37. The van der Waals surface area contributed by atoms with Crippen LogP contribution in [0.15, 0.2) is 79.0 Å². The first-order valence-electron chi connectivity index (χ1n) is 13.4. The van der Waals surface area contributed by atoms with Gasteiger partial charge < -0.3 is 14.6 Å². The fourth-order valence-electron chi connectivity index (χ4n) is 5.26. The molecule has 1 unspecified atom stereocenters. The quantitative estimate of drug-likeness (QED) is 0.235. The summed E-state index contributed by atoms with van der Waals surface area (Å²) in [4.78, 5) is 26.9. The Morgan fingerprint density at radius 3 is 2.51 bits per heavy atom. The van der Waals surface area contributed by atoms with E-state index in [1.165, 1.54) is 0 Å². The highest BCUT2D eigenvalue weighted by molar-refractivity contribution is 5.88. The van der Waals surface area contributed by atoms with Gasteiger partial charge >= 0.3 is 0 Å². The molecule has 1 atom stereocenters. The number of hydrogen-bond acceptors (Lipinski definition) is 5. The summed E-state index contributed by atoms with van der Waals surface area (Å²) < 4.78 is 7.54. The molecule has 0 bridgehead atoms. The predicted molar refractivity (Wildman–Crippen MR) is 152 cm³/mol. The van der Waals surface area contributed by atoms with Crippen LogP contribution in [-0.4, -0.2) is 59.7 Å². The van der Waals surface area contributed by atoms with E-state index in [2.05, 4.69) is 45.2 Å². The molecule has 2 heterocycles. The van der Waals surface area contributed by atoms with Crippen molar-refractivity contribution in [3.05, 3.63) is 111 Å². The second-order valence-corrected chi connectivity index (χ2v) is 10.1. The van der Waals surface area contributed by atoms with Crippen molar-refractivity contribution in [2.45, 2.75) is 25.8 Å². The minimum absolute atomic E-state index is 0.0387. The molecule has 4 aromatic rings. The second kappa shape index (κ2) is 12.2. The van der Waals surface area contributed by atoms with E-state index in [1.807, 2.05) is 43.3 Å². The number of hydrogen-bond donors (Lipinski definition) is 1. The van der Waals surface area contributed by atoms with Crippen molar-refractivity contribution >= 4 is 22.5 Å². The van der Waals surface area contributed by atoms with Gasteiger partial charge in [0.15, 0.2) is 0 Å². The molecule has 0 saturated carbocycles. The van der Waals surface area contributed by atoms with Crippen LogP contribution in [0.1, 0.15) is 34.6 Å². The molecular formula is C31H34N4O4. The van der Waals surface area contributed by atoms with Crippen molar-refractivity contribution in [3.8, 4) is 0 Å². The van der Waals surface area contributed by atoms with E-state index in [1.54, 1.807) is 12.1 Å². The predicted octanol–water partition coefficient (Wildman–Crippen LogP) is 4.88. The molecule has 0 spiro atoms. The minimum Gasteiger partial charge on any atom is -0.379 e. The fraction of sp³-hybridized carbons (Fsp3) is 0.323. The number of rotatable bonds is 10. The molecule has 0 aliphatic carbocycles. The van der Waals surface area contributed by atoms with E-state index in [-0.39, 0.29) is 28.9 Å². The van der Waals surface area contributed by atoms with Crippen molar-refractivity contribution in [2.75, 3.05) is 39.4 Å². The average Bonchev–Trinajstić information content (AvgIpc) is 3.30. The number of morpholine rings is 1. The van der Waals surface area contributed by atoms with Gasteiger partial charge in [0.25, 0.3) is 5.69 Å². The van der Waals surface area contributed by atoms with Crippen LogP contribution in [-0.2, 0) is 16.1 Å². The van der Waals surface area contributed by atoms with E-state index >= 15 is 0 Å². The maximum Gasteiger partial charge on any atom is 0.270 e. The molecular weight excluding hydrogens is 492 g/mol. The van der Waals surface area contributed by atoms with Gasteiger partial charge in [0, 0.05) is 74.3 Å². The zero-order valence-corrected chi connectivity index (χ0v) is 22.2. The number of benzene rings is 3. The van der Waals surface area contributed by atoms with E-state index in [0.29, 0.717) is 13.1 Å². The number of non-ortho nitro benzene ring substituents is 1. The lowest BCUT2D eigenvalue weighted by atomic mass is 9.87. The molecule has 1 N–H and O–H groups in total. The number of aryl methyl sites for hydroxylation is 1. The van der Waals surface area contributed by atoms with Crippen LogP contribution in [0.5, 0.6) is 0 Å². The average molecular weight is 527 g/mol. The molecule has 8 heteroatoms. The molecule has 3 aromatic carbocycles. The Morgan fingerprint density at radius 2 is 1.79 bits per heavy atom. The number of nitrogens with zero attached hydrogens (tertiary/aromatic N) is 3. The van der Waals surface area contributed by atoms with Crippen molar-refractivity contribution in [2.24, 2.45) is 0 Å². The molecule has 5 rings (SSSR count). The molecule has 1 aliphatic heterocycles. The van der Waals surface area contributed by atoms with Gasteiger partial charge in [-0.15, -0.1) is 0 Å². The van der Waals surface area contributed by atoms with Gasteiger partial charge in [-0.05, 0) is 29.7 Å². The third kappa shape index (κ3) is 6.53. The maximum atomic E-state index is 13.2. The summed E-state index contributed by atoms with van der Waals surface area (Å²) in [6.45, 7) is 7.22. The zero-order chi connectivity index (χ0) is 27.2. The molecule has 1 saturated heterocycles. The molecule has 39 heavy (non-hydrogen) atoms. The number of nitro groups is 1. The Labute approximate surface area is 228 Å². The Bertz CT molecular complexity index is 1430. The van der Waals surface area contributed by atoms with Crippen LogP contribution in [0.3, 0.4) is 0 Å². The van der Waals surface area contributed by atoms with Gasteiger partial charge in [0.1, 0.15) is 0 Å². The van der Waals surface area contributed by atoms with E-state index < -0.39 is 0 Å². The monoisotopic (exact) mass is 526 g/mol. The van der Waals surface area contributed by atoms with Crippen molar-refractivity contribution in [1.82, 2.24) is 14.8 Å². The highest BCUT2D eigenvalue weighted by Gasteiger charge is 2.24. The van der Waals surface area contributed by atoms with Gasteiger partial charge in [-0.3, -0.25) is 19.8 Å². The topological polar surface area (TPSA) is 89.6 Å². The molecule has 1 aliphatic rings. The zero-order valence-electron chi connectivity index (χ0n) is 22.2. The van der Waals surface area contributed by atoms with Crippen molar-refractivity contribution < 1.29 is 14.5 Å². The smallest absolute Gasteiger partial charge is 0.270 e. The molecule has 1 aromatic heterocycles. The number of aromatic nitrogens is 1. The van der Waals surface area contributed by atoms with Gasteiger partial charge in [0.2, 0.25) is 5.91 Å². The molecule has 0 radical (unpaired) electrons. The Kier molecular flexibility index (Phi) is 8.34. The Balaban J connectivity index is 1.48. The third-order valence-corrected chi connectivity index (χ3v) is 7.40. The first kappa shape index (κ1) is 26.6. The third-order valence-electron chi connectivity index (χ3n) is 7.40. The number of fused-ring (bicyclic) bond motifs is 1. The largest absolute Gasteiger partial charge is 0.379 e. The van der Waals surface area contributed by atoms with Crippen LogP contribution in [0.4, 0.5) is 5.69 Å². The molecule has 1 fully saturated rings. The summed E-state index contributed by atoms with van der Waals surface area (Å²) >= 11 is 0. The summed E-state index contributed by atoms with van der Waals surface area (Å²) in [6, 6.07) is 23.3. The number of nitrogens with one attached hydrogen (secondary N) is 1. The van der Waals surface area contributed by atoms with E-state index in [4.69, 9.17) is 4.74 Å². The SMILES string of the molecule is Cc1ccc(C(CC(=O)NCCN2CCOCC2)c2cn(Cc3ccccc3)c3ccc([N+](=O)[O-])cc23)cc1. The Morgan fingerprint density at radius 1 is 1.05 bits per heavy atom. The first-order valence-corrected chi connectivity index (χ1v) is 13.4. The number of carbonyl (C=O) groups excluding carboxylic acids is 1. The normalized spacial score (nSPS) is 14.8. The van der Waals surface area contributed by atoms with Gasteiger partial charge in [-0.1, -0.05) is 60.2 Å². The minimum atomic E-state index is -0.364. The first-order chi connectivity index (χ1) is 19.0. The summed E-state index contributed by atoms with van der Waals surface area (Å²) in [5, 5.41) is 15.6. The van der Waals surface area contributed by atoms with Crippen LogP contribution < -0.4 is 5.32 Å². The summed E-state index contributed by atoms with van der Waals surface area (Å²) in [6.07, 6.45) is 2.31. The number of ether oxygens (including phenoxy) is 1. The van der Waals surface area contributed by atoms with Crippen LogP contribution in [0, 0.1) is 17.0 Å². The lowest BCUT2D eigenvalue weighted by Gasteiger charge is -2.26. The van der Waals surface area contributed by atoms with Crippen LogP contribution in [0.2, 0.25) is 0 Å². The van der Waals surface area contributed by atoms with Crippen molar-refractivity contribution in [3.63, 3.8) is 0 Å². The van der Waals surface area contributed by atoms with Gasteiger partial charge in [-0.2, -0.15) is 0 Å². The summed E-state index contributed by atoms with van der Waals surface area (Å²) in [7, 11) is 0. The van der Waals surface area contributed by atoms with Gasteiger partial charge in [-0.25, -0.2) is 0 Å². The number of nitro benzene ring substituents is 1. The maximum absolute atomic E-state index is 13.2. The van der Waals surface area contributed by atoms with E-state index in [0.717, 1.165) is 66.0 Å². The standard InChI is InChI=1S/C31H34N4O4/c1-23-7-9-25(10-8-23)27(20-31(36)32-13-14-33-15-17-39-18-16-33)29-22-34(21-24-5-3-2-4-6-24)30-12-11-26(35(37)38)19-28(29)30/h2-12,19,22,27H,13-18,20-21H2,1H3,(H,32,36). The molecule has 8 nitrogen and oxygen atoms in total.